The Labute approximate surface area is 344 Å². The van der Waals surface area contributed by atoms with Crippen LogP contribution in [0.25, 0.3) is 33.3 Å². The summed E-state index contributed by atoms with van der Waals surface area (Å²) in [6.45, 7) is -1.16. The molecule has 0 radical (unpaired) electrons. The molecule has 2 amide bonds. The summed E-state index contributed by atoms with van der Waals surface area (Å²) in [7, 11) is 0. The molecule has 60 heavy (non-hydrogen) atoms. The van der Waals surface area contributed by atoms with Gasteiger partial charge >= 0.3 is 12.4 Å². The lowest BCUT2D eigenvalue weighted by molar-refractivity contribution is -0.141. The number of aryl methyl sites for hydroxylation is 1. The van der Waals surface area contributed by atoms with Crippen molar-refractivity contribution in [3.63, 3.8) is 0 Å². The van der Waals surface area contributed by atoms with Crippen molar-refractivity contribution in [1.82, 2.24) is 19.9 Å². The van der Waals surface area contributed by atoms with Crippen molar-refractivity contribution >= 4 is 40.3 Å². The van der Waals surface area contributed by atoms with Crippen LogP contribution in [0.2, 0.25) is 0 Å². The molecule has 14 heteroatoms. The molecule has 0 fully saturated rings. The lowest BCUT2D eigenvalue weighted by Crippen LogP contribution is -2.47. The highest BCUT2D eigenvalue weighted by Crippen LogP contribution is 2.51. The van der Waals surface area contributed by atoms with E-state index >= 15 is 0 Å². The fourth-order valence-electron chi connectivity index (χ4n) is 7.88. The summed E-state index contributed by atoms with van der Waals surface area (Å²) in [6, 6.07) is 36.7. The normalized spacial score (nSPS) is 13.2. The Morgan fingerprint density at radius 1 is 0.733 bits per heavy atom. The number of pyridine rings is 1. The van der Waals surface area contributed by atoms with Gasteiger partial charge in [-0.15, -0.1) is 0 Å². The van der Waals surface area contributed by atoms with Crippen LogP contribution >= 0.6 is 11.8 Å². The average molecular weight is 836 g/mol. The summed E-state index contributed by atoms with van der Waals surface area (Å²) in [4.78, 5) is 37.4. The van der Waals surface area contributed by atoms with Gasteiger partial charge in [-0.05, 0) is 94.8 Å². The Hall–Kier alpha value is -6.41. The van der Waals surface area contributed by atoms with Crippen molar-refractivity contribution < 1.29 is 35.9 Å². The van der Waals surface area contributed by atoms with Gasteiger partial charge in [0.1, 0.15) is 12.0 Å². The molecular weight excluding hydrogens is 801 g/mol. The minimum Gasteiger partial charge on any atom is -0.346 e. The molecule has 7 aromatic rings. The van der Waals surface area contributed by atoms with Crippen molar-refractivity contribution in [2.24, 2.45) is 0 Å². The van der Waals surface area contributed by atoms with Crippen LogP contribution in [-0.4, -0.2) is 39.1 Å². The van der Waals surface area contributed by atoms with Gasteiger partial charge in [-0.25, -0.2) is 4.98 Å². The molecule has 0 saturated carbocycles. The zero-order valence-corrected chi connectivity index (χ0v) is 32.5. The molecule has 0 bridgehead atoms. The molecule has 0 saturated heterocycles. The van der Waals surface area contributed by atoms with Crippen LogP contribution in [-0.2, 0) is 28.7 Å². The third kappa shape index (κ3) is 8.11. The molecule has 0 spiro atoms. The number of alkyl halides is 6. The molecule has 1 aliphatic carbocycles. The van der Waals surface area contributed by atoms with E-state index in [4.69, 9.17) is 4.98 Å². The van der Waals surface area contributed by atoms with Gasteiger partial charge in [0.15, 0.2) is 5.16 Å². The minimum atomic E-state index is -4.61. The Morgan fingerprint density at radius 2 is 1.38 bits per heavy atom. The number of benzene rings is 5. The lowest BCUT2D eigenvalue weighted by atomic mass is 9.73. The number of rotatable bonds is 12. The molecule has 7 nitrogen and oxygen atoms in total. The number of nitrogens with one attached hydrogen (secondary N) is 2. The van der Waals surface area contributed by atoms with Crippen molar-refractivity contribution in [3.05, 3.63) is 168 Å². The number of hydrogen-bond donors (Lipinski definition) is 2. The number of carbonyl (C=O) groups excluding carboxylic acids is 2. The number of thioether (sulfide) groups is 1. The number of hydrogen-bond acceptors (Lipinski definition) is 5. The summed E-state index contributed by atoms with van der Waals surface area (Å²) in [5.41, 5.74) is 4.31. The first-order valence-corrected chi connectivity index (χ1v) is 20.0. The summed E-state index contributed by atoms with van der Waals surface area (Å²) < 4.78 is 82.3. The molecule has 2 aromatic heterocycles. The molecule has 0 unspecified atom stereocenters. The van der Waals surface area contributed by atoms with Crippen molar-refractivity contribution in [3.8, 4) is 22.3 Å². The fourth-order valence-corrected chi connectivity index (χ4v) is 8.84. The zero-order valence-electron chi connectivity index (χ0n) is 31.6. The topological polar surface area (TPSA) is 88.9 Å². The van der Waals surface area contributed by atoms with Crippen LogP contribution in [0.4, 0.5) is 32.0 Å². The average Bonchev–Trinajstić information content (AvgIpc) is 3.74. The van der Waals surface area contributed by atoms with Gasteiger partial charge < -0.3 is 15.2 Å². The number of anilines is 1. The van der Waals surface area contributed by atoms with E-state index in [1.54, 1.807) is 72.9 Å². The van der Waals surface area contributed by atoms with Gasteiger partial charge in [-0.3, -0.25) is 14.6 Å². The Morgan fingerprint density at radius 3 is 2.03 bits per heavy atom. The van der Waals surface area contributed by atoms with E-state index in [0.717, 1.165) is 29.0 Å². The molecule has 2 heterocycles. The number of imidazole rings is 1. The third-order valence-corrected chi connectivity index (χ3v) is 11.6. The molecule has 2 N–H and O–H groups in total. The maximum atomic E-state index is 14.2. The Kier molecular flexibility index (Phi) is 11.0. The van der Waals surface area contributed by atoms with Gasteiger partial charge in [0.25, 0.3) is 5.91 Å². The van der Waals surface area contributed by atoms with Crippen LogP contribution in [0.15, 0.2) is 145 Å². The second-order valence-corrected chi connectivity index (χ2v) is 15.3. The van der Waals surface area contributed by atoms with E-state index in [0.29, 0.717) is 62.8 Å². The largest absolute Gasteiger partial charge is 0.416 e. The first-order chi connectivity index (χ1) is 28.8. The smallest absolute Gasteiger partial charge is 0.346 e. The van der Waals surface area contributed by atoms with Crippen LogP contribution < -0.4 is 10.6 Å². The predicted octanol–water partition coefficient (Wildman–Crippen LogP) is 11.1. The summed E-state index contributed by atoms with van der Waals surface area (Å²) in [5.74, 6) is -0.732. The number of halogens is 6. The Bertz CT molecular complexity index is 2650. The number of carbonyl (C=O) groups is 2. The third-order valence-electron chi connectivity index (χ3n) is 10.6. The number of amides is 2. The number of fused-ring (bicyclic) bond motifs is 4. The highest BCUT2D eigenvalue weighted by molar-refractivity contribution is 7.98. The quantitative estimate of drug-likeness (QED) is 0.0945. The van der Waals surface area contributed by atoms with Crippen LogP contribution in [0.1, 0.15) is 45.6 Å². The number of nitrogens with zero attached hydrogens (tertiary/aromatic N) is 3. The lowest BCUT2D eigenvalue weighted by Gasteiger charge is -2.31. The van der Waals surface area contributed by atoms with Crippen LogP contribution in [0.3, 0.4) is 0 Å². The van der Waals surface area contributed by atoms with E-state index in [1.165, 1.54) is 23.9 Å². The maximum Gasteiger partial charge on any atom is 0.416 e. The monoisotopic (exact) mass is 835 g/mol. The van der Waals surface area contributed by atoms with Crippen molar-refractivity contribution in [1.29, 1.82) is 0 Å². The SMILES string of the molecule is O=C(Nc1ccc2nc(SCc3ccccn3)n(CCCC3(C(=O)NCC(F)(F)F)c4ccccc4-c4ccccc43)c2c1)c1ccccc1-c1ccc(C(F)(F)F)cc1. The molecule has 0 atom stereocenters. The highest BCUT2D eigenvalue weighted by atomic mass is 32.2. The van der Waals surface area contributed by atoms with Crippen molar-refractivity contribution in [2.45, 2.75) is 48.1 Å². The first kappa shape index (κ1) is 40.4. The number of aromatic nitrogens is 3. The van der Waals surface area contributed by atoms with E-state index in [9.17, 15) is 35.9 Å². The van der Waals surface area contributed by atoms with Gasteiger partial charge in [0.05, 0.1) is 22.3 Å². The van der Waals surface area contributed by atoms with Crippen LogP contribution in [0, 0.1) is 0 Å². The first-order valence-electron chi connectivity index (χ1n) is 19.0. The van der Waals surface area contributed by atoms with Gasteiger partial charge in [0.2, 0.25) is 5.91 Å². The Balaban J connectivity index is 1.12. The molecular formula is C46H35F6N5O2S. The van der Waals surface area contributed by atoms with E-state index in [1.807, 2.05) is 47.0 Å². The maximum absolute atomic E-state index is 14.2. The van der Waals surface area contributed by atoms with Crippen molar-refractivity contribution in [2.75, 3.05) is 11.9 Å². The second kappa shape index (κ2) is 16.3. The zero-order chi connectivity index (χ0) is 42.1. The standard InChI is InChI=1S/C46H35F6N5O2S/c47-45(48,49)28-54-42(59)44(37-15-5-3-12-34(37)35-13-4-6-16-38(35)44)23-9-25-57-40-26-31(21-22-39(40)56-43(57)60-27-32-10-7-8-24-53-32)55-41(58)36-14-2-1-11-33(36)29-17-19-30(20-18-29)46(50,51)52/h1-8,10-22,24,26H,9,23,25,27-28H2,(H,54,59)(H,55,58). The second-order valence-electron chi connectivity index (χ2n) is 14.3. The van der Waals surface area contributed by atoms with Crippen LogP contribution in [0.5, 0.6) is 0 Å². The summed E-state index contributed by atoms with van der Waals surface area (Å²) in [6.07, 6.45) is -6.89. The molecule has 8 rings (SSSR count). The molecule has 0 aliphatic heterocycles. The fraction of sp³-hybridized carbons (Fsp3) is 0.174. The molecule has 304 valence electrons. The predicted molar refractivity (Wildman–Crippen MR) is 219 cm³/mol. The van der Waals surface area contributed by atoms with Gasteiger partial charge in [-0.1, -0.05) is 96.7 Å². The van der Waals surface area contributed by atoms with Gasteiger partial charge in [-0.2, -0.15) is 26.3 Å². The molecule has 1 aliphatic rings. The summed E-state index contributed by atoms with van der Waals surface area (Å²) >= 11 is 1.45. The summed E-state index contributed by atoms with van der Waals surface area (Å²) in [5, 5.41) is 5.77. The van der Waals surface area contributed by atoms with E-state index in [-0.39, 0.29) is 12.0 Å². The van der Waals surface area contributed by atoms with Gasteiger partial charge in [0, 0.05) is 29.7 Å². The van der Waals surface area contributed by atoms with E-state index in [2.05, 4.69) is 15.6 Å². The minimum absolute atomic E-state index is 0.173. The van der Waals surface area contributed by atoms with E-state index < -0.39 is 41.7 Å². The highest BCUT2D eigenvalue weighted by Gasteiger charge is 2.49. The molecule has 5 aromatic carbocycles.